The van der Waals surface area contributed by atoms with Crippen LogP contribution in [0.2, 0.25) is 0 Å². The molecule has 1 aliphatic rings. The van der Waals surface area contributed by atoms with Crippen molar-refractivity contribution in [2.75, 3.05) is 0 Å². The summed E-state index contributed by atoms with van der Waals surface area (Å²) in [5, 5.41) is 7.76. The first-order valence-corrected chi connectivity index (χ1v) is 7.12. The molecule has 1 atom stereocenters. The molecular formula is C14H14BrN3O. The van der Waals surface area contributed by atoms with E-state index in [0.29, 0.717) is 10.3 Å². The van der Waals surface area contributed by atoms with Gasteiger partial charge in [-0.25, -0.2) is 4.68 Å². The lowest BCUT2D eigenvalue weighted by Gasteiger charge is -2.23. The molecule has 19 heavy (non-hydrogen) atoms. The highest BCUT2D eigenvalue weighted by Crippen LogP contribution is 2.29. The number of hydrogen-bond acceptors (Lipinski definition) is 3. The molecule has 0 aliphatic heterocycles. The quantitative estimate of drug-likeness (QED) is 0.799. The smallest absolute Gasteiger partial charge is 0.187 e. The van der Waals surface area contributed by atoms with Crippen molar-refractivity contribution in [2.24, 2.45) is 13.0 Å². The van der Waals surface area contributed by atoms with Crippen molar-refractivity contribution in [3.63, 3.8) is 0 Å². The minimum atomic E-state index is 0.0309. The molecule has 0 radical (unpaired) electrons. The van der Waals surface area contributed by atoms with Crippen LogP contribution in [0.3, 0.4) is 0 Å². The van der Waals surface area contributed by atoms with Crippen molar-refractivity contribution in [2.45, 2.75) is 19.3 Å². The van der Waals surface area contributed by atoms with Crippen molar-refractivity contribution in [3.8, 4) is 0 Å². The van der Waals surface area contributed by atoms with Gasteiger partial charge in [-0.2, -0.15) is 0 Å². The Labute approximate surface area is 119 Å². The van der Waals surface area contributed by atoms with E-state index in [1.54, 1.807) is 11.7 Å². The summed E-state index contributed by atoms with van der Waals surface area (Å²) >= 11 is 3.30. The van der Waals surface area contributed by atoms with Crippen molar-refractivity contribution in [3.05, 3.63) is 45.7 Å². The fourth-order valence-corrected chi connectivity index (χ4v) is 3.23. The second-order valence-electron chi connectivity index (χ2n) is 4.93. The van der Waals surface area contributed by atoms with E-state index >= 15 is 0 Å². The first-order valence-electron chi connectivity index (χ1n) is 6.33. The van der Waals surface area contributed by atoms with Crippen LogP contribution in [-0.4, -0.2) is 20.8 Å². The molecular weight excluding hydrogens is 306 g/mol. The zero-order valence-electron chi connectivity index (χ0n) is 10.6. The second kappa shape index (κ2) is 4.89. The number of Topliss-reactive ketones (excluding diaryl/α,β-unsaturated/α-hetero) is 1. The van der Waals surface area contributed by atoms with Crippen molar-refractivity contribution in [1.82, 2.24) is 15.0 Å². The Morgan fingerprint density at radius 3 is 2.79 bits per heavy atom. The molecule has 1 aromatic heterocycles. The number of nitrogens with zero attached hydrogens (tertiary/aromatic N) is 3. The highest BCUT2D eigenvalue weighted by molar-refractivity contribution is 9.10. The van der Waals surface area contributed by atoms with Crippen LogP contribution >= 0.6 is 15.9 Å². The average Bonchev–Trinajstić information content (AvgIpc) is 2.77. The standard InChI is InChI=1S/C14H14BrN3O/c1-18-12(14(15)16-17-18)13(19)11-7-6-9-4-2-3-5-10(9)8-11/h2-5,11H,6-8H2,1H3. The molecule has 98 valence electrons. The number of fused-ring (bicyclic) bond motifs is 1. The van der Waals surface area contributed by atoms with Crippen LogP contribution in [0.25, 0.3) is 0 Å². The molecule has 5 heteroatoms. The summed E-state index contributed by atoms with van der Waals surface area (Å²) in [5.41, 5.74) is 3.23. The maximum absolute atomic E-state index is 12.6. The van der Waals surface area contributed by atoms with Crippen LogP contribution in [0, 0.1) is 5.92 Å². The van der Waals surface area contributed by atoms with Crippen LogP contribution in [-0.2, 0) is 19.9 Å². The summed E-state index contributed by atoms with van der Waals surface area (Å²) in [6.45, 7) is 0. The Morgan fingerprint density at radius 1 is 1.37 bits per heavy atom. The number of carbonyl (C=O) groups excluding carboxylic acids is 1. The third kappa shape index (κ3) is 2.23. The number of aryl methyl sites for hydroxylation is 2. The summed E-state index contributed by atoms with van der Waals surface area (Å²) in [6.07, 6.45) is 2.68. The van der Waals surface area contributed by atoms with Crippen molar-refractivity contribution in [1.29, 1.82) is 0 Å². The minimum Gasteiger partial charge on any atom is -0.292 e. The predicted octanol–water partition coefficient (Wildman–Crippen LogP) is 2.57. The maximum Gasteiger partial charge on any atom is 0.187 e. The number of benzene rings is 1. The minimum absolute atomic E-state index is 0.0309. The number of aromatic nitrogens is 3. The van der Waals surface area contributed by atoms with Gasteiger partial charge in [-0.1, -0.05) is 29.5 Å². The molecule has 0 N–H and O–H groups in total. The molecule has 1 unspecified atom stereocenters. The summed E-state index contributed by atoms with van der Waals surface area (Å²) in [4.78, 5) is 12.6. The molecule has 1 aliphatic carbocycles. The van der Waals surface area contributed by atoms with E-state index in [0.717, 1.165) is 19.3 Å². The van der Waals surface area contributed by atoms with Crippen LogP contribution in [0.4, 0.5) is 0 Å². The van der Waals surface area contributed by atoms with Gasteiger partial charge in [0.2, 0.25) is 0 Å². The van der Waals surface area contributed by atoms with Crippen molar-refractivity contribution >= 4 is 21.7 Å². The average molecular weight is 320 g/mol. The molecule has 2 aromatic rings. The predicted molar refractivity (Wildman–Crippen MR) is 75.0 cm³/mol. The van der Waals surface area contributed by atoms with E-state index in [1.807, 2.05) is 6.07 Å². The van der Waals surface area contributed by atoms with Gasteiger partial charge >= 0.3 is 0 Å². The Balaban J connectivity index is 1.88. The summed E-state index contributed by atoms with van der Waals surface area (Å²) in [6, 6.07) is 8.36. The van der Waals surface area contributed by atoms with E-state index in [9.17, 15) is 4.79 Å². The molecule has 1 heterocycles. The van der Waals surface area contributed by atoms with Crippen LogP contribution in [0.15, 0.2) is 28.9 Å². The Morgan fingerprint density at radius 2 is 2.11 bits per heavy atom. The SMILES string of the molecule is Cn1nnc(Br)c1C(=O)C1CCc2ccccc2C1. The third-order valence-electron chi connectivity index (χ3n) is 3.74. The Hall–Kier alpha value is -1.49. The lowest BCUT2D eigenvalue weighted by atomic mass is 9.81. The molecule has 3 rings (SSSR count). The van der Waals surface area contributed by atoms with Crippen molar-refractivity contribution < 1.29 is 4.79 Å². The van der Waals surface area contributed by atoms with E-state index in [4.69, 9.17) is 0 Å². The number of hydrogen-bond donors (Lipinski definition) is 0. The maximum atomic E-state index is 12.6. The zero-order valence-corrected chi connectivity index (χ0v) is 12.2. The van der Waals surface area contributed by atoms with Gasteiger partial charge < -0.3 is 0 Å². The number of rotatable bonds is 2. The molecule has 0 amide bonds. The van der Waals surface area contributed by atoms with E-state index < -0.39 is 0 Å². The summed E-state index contributed by atoms with van der Waals surface area (Å²) in [7, 11) is 1.75. The lowest BCUT2D eigenvalue weighted by molar-refractivity contribution is 0.0898. The highest BCUT2D eigenvalue weighted by Gasteiger charge is 2.29. The second-order valence-corrected chi connectivity index (χ2v) is 5.68. The number of halogens is 1. The van der Waals surface area contributed by atoms with E-state index in [-0.39, 0.29) is 11.7 Å². The van der Waals surface area contributed by atoms with Gasteiger partial charge in [0.25, 0.3) is 0 Å². The molecule has 0 saturated heterocycles. The highest BCUT2D eigenvalue weighted by atomic mass is 79.9. The van der Waals surface area contributed by atoms with Gasteiger partial charge in [0, 0.05) is 13.0 Å². The fourth-order valence-electron chi connectivity index (χ4n) is 2.71. The molecule has 0 fully saturated rings. The van der Waals surface area contributed by atoms with Gasteiger partial charge in [-0.3, -0.25) is 4.79 Å². The van der Waals surface area contributed by atoms with Crippen LogP contribution in [0.1, 0.15) is 28.0 Å². The molecule has 4 nitrogen and oxygen atoms in total. The van der Waals surface area contributed by atoms with Crippen LogP contribution in [0.5, 0.6) is 0 Å². The number of carbonyl (C=O) groups is 1. The Kier molecular flexibility index (Phi) is 3.22. The first-order chi connectivity index (χ1) is 9.16. The largest absolute Gasteiger partial charge is 0.292 e. The molecule has 0 spiro atoms. The van der Waals surface area contributed by atoms with E-state index in [1.165, 1.54) is 11.1 Å². The van der Waals surface area contributed by atoms with Gasteiger partial charge in [0.05, 0.1) is 0 Å². The molecule has 1 aromatic carbocycles. The van der Waals surface area contributed by atoms with Gasteiger partial charge in [0.15, 0.2) is 10.4 Å². The summed E-state index contributed by atoms with van der Waals surface area (Å²) in [5.74, 6) is 0.164. The van der Waals surface area contributed by atoms with Gasteiger partial charge in [-0.15, -0.1) is 5.10 Å². The lowest BCUT2D eigenvalue weighted by Crippen LogP contribution is -2.24. The number of ketones is 1. The normalized spacial score (nSPS) is 18.1. The van der Waals surface area contributed by atoms with Gasteiger partial charge in [0.1, 0.15) is 5.69 Å². The molecule has 0 saturated carbocycles. The zero-order chi connectivity index (χ0) is 13.4. The Bertz CT molecular complexity index is 616. The third-order valence-corrected chi connectivity index (χ3v) is 4.27. The summed E-state index contributed by atoms with van der Waals surface area (Å²) < 4.78 is 2.09. The fraction of sp³-hybridized carbons (Fsp3) is 0.357. The topological polar surface area (TPSA) is 47.8 Å². The van der Waals surface area contributed by atoms with E-state index in [2.05, 4.69) is 44.4 Å². The van der Waals surface area contributed by atoms with Crippen LogP contribution < -0.4 is 0 Å². The first kappa shape index (κ1) is 12.5. The van der Waals surface area contributed by atoms with Gasteiger partial charge in [-0.05, 0) is 46.3 Å². The molecule has 0 bridgehead atoms. The monoisotopic (exact) mass is 319 g/mol.